The number of benzene rings is 2. The summed E-state index contributed by atoms with van der Waals surface area (Å²) in [5.41, 5.74) is 1.43. The van der Waals surface area contributed by atoms with Gasteiger partial charge in [0.25, 0.3) is 0 Å². The minimum absolute atomic E-state index is 0.0196. The molecule has 0 radical (unpaired) electrons. The van der Waals surface area contributed by atoms with Gasteiger partial charge < -0.3 is 15.1 Å². The fraction of sp³-hybridized carbons (Fsp3) is 0.136. The van der Waals surface area contributed by atoms with Crippen molar-refractivity contribution in [1.29, 1.82) is 0 Å². The standard InChI is InChI=1S/C22H18F2N6O3/c23-14-1-6-17(18(24)9-14)19-10-27-22(33-19)8-7-20(31)26-11-21(32)29-15-2-4-16(5-3-15)30-13-25-12-28-30/h1-6,9-10,12-13H,7-8,11H2,(H,26,31)(H,29,32). The number of amides is 2. The number of aromatic nitrogens is 4. The van der Waals surface area contributed by atoms with Crippen molar-refractivity contribution in [2.45, 2.75) is 12.8 Å². The van der Waals surface area contributed by atoms with E-state index >= 15 is 0 Å². The molecule has 0 unspecified atom stereocenters. The lowest BCUT2D eigenvalue weighted by Crippen LogP contribution is -2.32. The van der Waals surface area contributed by atoms with E-state index < -0.39 is 11.6 Å². The van der Waals surface area contributed by atoms with Crippen molar-refractivity contribution in [3.63, 3.8) is 0 Å². The fourth-order valence-corrected chi connectivity index (χ4v) is 2.97. The summed E-state index contributed by atoms with van der Waals surface area (Å²) >= 11 is 0. The summed E-state index contributed by atoms with van der Waals surface area (Å²) in [6, 6.07) is 10.1. The predicted octanol–water partition coefficient (Wildman–Crippen LogP) is 2.89. The number of carbonyl (C=O) groups is 2. The lowest BCUT2D eigenvalue weighted by molar-refractivity contribution is -0.124. The van der Waals surface area contributed by atoms with E-state index in [1.165, 1.54) is 18.6 Å². The van der Waals surface area contributed by atoms with Crippen LogP contribution in [-0.2, 0) is 16.0 Å². The Labute approximate surface area is 186 Å². The van der Waals surface area contributed by atoms with Crippen LogP contribution in [0.15, 0.2) is 65.7 Å². The maximum Gasteiger partial charge on any atom is 0.243 e. The molecule has 0 saturated carbocycles. The third kappa shape index (κ3) is 5.64. The van der Waals surface area contributed by atoms with E-state index in [1.807, 2.05) is 0 Å². The summed E-state index contributed by atoms with van der Waals surface area (Å²) in [6.07, 6.45) is 4.46. The summed E-state index contributed by atoms with van der Waals surface area (Å²) in [5.74, 6) is -1.87. The highest BCUT2D eigenvalue weighted by Crippen LogP contribution is 2.24. The summed E-state index contributed by atoms with van der Waals surface area (Å²) < 4.78 is 33.9. The molecule has 4 aromatic rings. The molecule has 0 bridgehead atoms. The molecule has 2 aromatic heterocycles. The summed E-state index contributed by atoms with van der Waals surface area (Å²) in [4.78, 5) is 32.0. The Bertz CT molecular complexity index is 1260. The van der Waals surface area contributed by atoms with Crippen molar-refractivity contribution in [3.8, 4) is 17.0 Å². The molecule has 0 aliphatic carbocycles. The Balaban J connectivity index is 1.22. The van der Waals surface area contributed by atoms with Gasteiger partial charge in [0.05, 0.1) is 24.0 Å². The maximum atomic E-state index is 13.8. The van der Waals surface area contributed by atoms with Gasteiger partial charge in [0.1, 0.15) is 24.3 Å². The average molecular weight is 452 g/mol. The predicted molar refractivity (Wildman–Crippen MR) is 113 cm³/mol. The second-order valence-corrected chi connectivity index (χ2v) is 6.95. The van der Waals surface area contributed by atoms with Crippen LogP contribution in [0.5, 0.6) is 0 Å². The van der Waals surface area contributed by atoms with Crippen molar-refractivity contribution >= 4 is 17.5 Å². The summed E-state index contributed by atoms with van der Waals surface area (Å²) in [6.45, 7) is -0.207. The molecule has 33 heavy (non-hydrogen) atoms. The van der Waals surface area contributed by atoms with Crippen LogP contribution in [0.1, 0.15) is 12.3 Å². The van der Waals surface area contributed by atoms with Crippen molar-refractivity contribution in [1.82, 2.24) is 25.1 Å². The van der Waals surface area contributed by atoms with Gasteiger partial charge in [0.15, 0.2) is 11.7 Å². The van der Waals surface area contributed by atoms with Crippen LogP contribution < -0.4 is 10.6 Å². The van der Waals surface area contributed by atoms with Gasteiger partial charge in [-0.15, -0.1) is 0 Å². The van der Waals surface area contributed by atoms with Crippen LogP contribution in [0.4, 0.5) is 14.5 Å². The number of oxazole rings is 1. The zero-order valence-electron chi connectivity index (χ0n) is 17.2. The highest BCUT2D eigenvalue weighted by molar-refractivity contribution is 5.94. The third-order valence-corrected chi connectivity index (χ3v) is 4.60. The van der Waals surface area contributed by atoms with Crippen molar-refractivity contribution in [2.75, 3.05) is 11.9 Å². The Morgan fingerprint density at radius 2 is 1.88 bits per heavy atom. The van der Waals surface area contributed by atoms with Crippen molar-refractivity contribution in [2.24, 2.45) is 0 Å². The first-order valence-corrected chi connectivity index (χ1v) is 9.89. The van der Waals surface area contributed by atoms with Crippen LogP contribution in [0.2, 0.25) is 0 Å². The Hall–Kier alpha value is -4.41. The minimum Gasteiger partial charge on any atom is -0.441 e. The van der Waals surface area contributed by atoms with E-state index in [2.05, 4.69) is 25.7 Å². The monoisotopic (exact) mass is 452 g/mol. The molecule has 0 atom stereocenters. The zero-order chi connectivity index (χ0) is 23.2. The molecule has 11 heteroatoms. The number of nitrogens with one attached hydrogen (secondary N) is 2. The summed E-state index contributed by atoms with van der Waals surface area (Å²) in [5, 5.41) is 9.22. The van der Waals surface area contributed by atoms with Crippen LogP contribution in [0, 0.1) is 11.6 Å². The first-order chi connectivity index (χ1) is 16.0. The van der Waals surface area contributed by atoms with Crippen LogP contribution in [0.25, 0.3) is 17.0 Å². The molecule has 2 aromatic carbocycles. The molecule has 2 heterocycles. The Morgan fingerprint density at radius 1 is 1.06 bits per heavy atom. The van der Waals surface area contributed by atoms with Gasteiger partial charge in [0.2, 0.25) is 11.8 Å². The fourth-order valence-electron chi connectivity index (χ4n) is 2.97. The smallest absolute Gasteiger partial charge is 0.243 e. The largest absolute Gasteiger partial charge is 0.441 e. The van der Waals surface area contributed by atoms with Gasteiger partial charge in [-0.25, -0.2) is 23.4 Å². The molecule has 4 rings (SSSR count). The van der Waals surface area contributed by atoms with Crippen LogP contribution in [-0.4, -0.2) is 38.1 Å². The van der Waals surface area contributed by atoms with E-state index in [-0.39, 0.29) is 48.4 Å². The number of hydrogen-bond acceptors (Lipinski definition) is 6. The number of rotatable bonds is 8. The quantitative estimate of drug-likeness (QED) is 0.425. The molecule has 2 amide bonds. The highest BCUT2D eigenvalue weighted by Gasteiger charge is 2.13. The molecule has 9 nitrogen and oxygen atoms in total. The molecular weight excluding hydrogens is 434 g/mol. The molecule has 168 valence electrons. The topological polar surface area (TPSA) is 115 Å². The molecule has 0 aliphatic heterocycles. The second kappa shape index (κ2) is 9.81. The lowest BCUT2D eigenvalue weighted by atomic mass is 10.2. The molecule has 0 saturated heterocycles. The van der Waals surface area contributed by atoms with E-state index in [1.54, 1.807) is 35.3 Å². The molecular formula is C22H18F2N6O3. The lowest BCUT2D eigenvalue weighted by Gasteiger charge is -2.07. The van der Waals surface area contributed by atoms with Gasteiger partial charge in [0, 0.05) is 24.6 Å². The van der Waals surface area contributed by atoms with Crippen molar-refractivity contribution in [3.05, 3.63) is 78.8 Å². The molecule has 2 N–H and O–H groups in total. The number of anilines is 1. The molecule has 0 aliphatic rings. The number of carbonyl (C=O) groups excluding carboxylic acids is 2. The third-order valence-electron chi connectivity index (χ3n) is 4.60. The highest BCUT2D eigenvalue weighted by atomic mass is 19.1. The first-order valence-electron chi connectivity index (χ1n) is 9.89. The first kappa shape index (κ1) is 21.8. The van der Waals surface area contributed by atoms with Gasteiger partial charge in [-0.3, -0.25) is 9.59 Å². The van der Waals surface area contributed by atoms with E-state index in [0.717, 1.165) is 17.8 Å². The Morgan fingerprint density at radius 3 is 2.61 bits per heavy atom. The van der Waals surface area contributed by atoms with Gasteiger partial charge in [-0.2, -0.15) is 5.10 Å². The number of aryl methyl sites for hydroxylation is 1. The second-order valence-electron chi connectivity index (χ2n) is 6.95. The molecule has 0 spiro atoms. The van der Waals surface area contributed by atoms with Gasteiger partial charge in [-0.1, -0.05) is 0 Å². The number of halogens is 2. The van der Waals surface area contributed by atoms with E-state index in [9.17, 15) is 18.4 Å². The number of hydrogen-bond donors (Lipinski definition) is 2. The molecule has 0 fully saturated rings. The minimum atomic E-state index is -0.769. The van der Waals surface area contributed by atoms with Crippen LogP contribution in [0.3, 0.4) is 0 Å². The van der Waals surface area contributed by atoms with Crippen molar-refractivity contribution < 1.29 is 22.8 Å². The SMILES string of the molecule is O=C(CCc1ncc(-c2ccc(F)cc2F)o1)NCC(=O)Nc1ccc(-n2cncn2)cc1. The normalized spacial score (nSPS) is 10.7. The number of nitrogens with zero attached hydrogens (tertiary/aromatic N) is 4. The van der Waals surface area contributed by atoms with E-state index in [4.69, 9.17) is 4.42 Å². The maximum absolute atomic E-state index is 13.8. The zero-order valence-corrected chi connectivity index (χ0v) is 17.2. The van der Waals surface area contributed by atoms with Crippen LogP contribution >= 0.6 is 0 Å². The Kier molecular flexibility index (Phi) is 6.48. The average Bonchev–Trinajstić information content (AvgIpc) is 3.49. The van der Waals surface area contributed by atoms with E-state index in [0.29, 0.717) is 5.69 Å². The summed E-state index contributed by atoms with van der Waals surface area (Å²) in [7, 11) is 0. The van der Waals surface area contributed by atoms with Gasteiger partial charge in [-0.05, 0) is 36.4 Å². The van der Waals surface area contributed by atoms with Gasteiger partial charge >= 0.3 is 0 Å².